The van der Waals surface area contributed by atoms with Crippen molar-refractivity contribution in [1.82, 2.24) is 0 Å². The van der Waals surface area contributed by atoms with Gasteiger partial charge in [-0.1, -0.05) is 17.7 Å². The summed E-state index contributed by atoms with van der Waals surface area (Å²) in [6, 6.07) is 5.42. The topological polar surface area (TPSA) is 41.6 Å². The van der Waals surface area contributed by atoms with Crippen LogP contribution in [0.1, 0.15) is 0 Å². The summed E-state index contributed by atoms with van der Waals surface area (Å²) < 4.78 is 5.32. The minimum atomic E-state index is -0.222. The van der Waals surface area contributed by atoms with Gasteiger partial charge in [-0.15, -0.1) is 0 Å². The van der Waals surface area contributed by atoms with Crippen LogP contribution >= 0.6 is 11.6 Å². The highest BCUT2D eigenvalue weighted by atomic mass is 35.5. The average Bonchev–Trinajstić information content (AvgIpc) is 2.31. The lowest BCUT2D eigenvalue weighted by atomic mass is 10.1. The molecule has 1 atom stereocenters. The molecule has 0 aromatic heterocycles. The lowest BCUT2D eigenvalue weighted by Crippen LogP contribution is -2.54. The van der Waals surface area contributed by atoms with Gasteiger partial charge in [0.1, 0.15) is 6.04 Å². The van der Waals surface area contributed by atoms with E-state index in [0.717, 1.165) is 12.2 Å². The molecule has 1 unspecified atom stereocenters. The van der Waals surface area contributed by atoms with E-state index in [-0.39, 0.29) is 11.9 Å². The van der Waals surface area contributed by atoms with Crippen LogP contribution in [0.25, 0.3) is 0 Å². The van der Waals surface area contributed by atoms with Crippen LogP contribution in [-0.4, -0.2) is 31.7 Å². The van der Waals surface area contributed by atoms with Gasteiger partial charge in [-0.05, 0) is 12.1 Å². The van der Waals surface area contributed by atoms with Gasteiger partial charge in [0, 0.05) is 6.54 Å². The van der Waals surface area contributed by atoms with Gasteiger partial charge in [0.2, 0.25) is 5.91 Å². The minimum absolute atomic E-state index is 0.0414. The number of carbonyl (C=O) groups is 1. The molecule has 1 amide bonds. The first-order valence-electron chi connectivity index (χ1n) is 5.21. The summed E-state index contributed by atoms with van der Waals surface area (Å²) in [5, 5.41) is 3.41. The van der Waals surface area contributed by atoms with Crippen LogP contribution in [0.4, 0.5) is 11.4 Å². The van der Waals surface area contributed by atoms with Crippen molar-refractivity contribution in [1.29, 1.82) is 0 Å². The fourth-order valence-corrected chi connectivity index (χ4v) is 2.41. The fraction of sp³-hybridized carbons (Fsp3) is 0.364. The SMILES string of the molecule is O=C1Nc2c(Cl)cccc2N2CCOCC12. The van der Waals surface area contributed by atoms with Gasteiger partial charge >= 0.3 is 0 Å². The molecule has 3 rings (SSSR count). The smallest absolute Gasteiger partial charge is 0.249 e. The maximum Gasteiger partial charge on any atom is 0.249 e. The van der Waals surface area contributed by atoms with E-state index in [2.05, 4.69) is 10.2 Å². The summed E-state index contributed by atoms with van der Waals surface area (Å²) in [4.78, 5) is 13.9. The molecule has 4 nitrogen and oxygen atoms in total. The van der Waals surface area contributed by atoms with E-state index in [1.54, 1.807) is 6.07 Å². The van der Waals surface area contributed by atoms with E-state index in [1.165, 1.54) is 0 Å². The normalized spacial score (nSPS) is 23.4. The van der Waals surface area contributed by atoms with E-state index in [9.17, 15) is 4.79 Å². The number of hydrogen-bond acceptors (Lipinski definition) is 3. The number of morpholine rings is 1. The molecular formula is C11H11ClN2O2. The van der Waals surface area contributed by atoms with E-state index in [1.807, 2.05) is 12.1 Å². The number of rotatable bonds is 0. The van der Waals surface area contributed by atoms with Gasteiger partial charge in [-0.25, -0.2) is 0 Å². The van der Waals surface area contributed by atoms with Crippen LogP contribution in [0.5, 0.6) is 0 Å². The van der Waals surface area contributed by atoms with Crippen molar-refractivity contribution >= 4 is 28.9 Å². The first-order valence-corrected chi connectivity index (χ1v) is 5.59. The predicted octanol–water partition coefficient (Wildman–Crippen LogP) is 1.50. The molecule has 1 fully saturated rings. The Labute approximate surface area is 98.1 Å². The summed E-state index contributed by atoms with van der Waals surface area (Å²) in [6.07, 6.45) is 0. The van der Waals surface area contributed by atoms with Crippen LogP contribution in [0.15, 0.2) is 18.2 Å². The van der Waals surface area contributed by atoms with Crippen LogP contribution < -0.4 is 10.2 Å². The number of ether oxygens (including phenoxy) is 1. The molecule has 16 heavy (non-hydrogen) atoms. The Morgan fingerprint density at radius 2 is 2.38 bits per heavy atom. The summed E-state index contributed by atoms with van der Waals surface area (Å²) >= 11 is 6.07. The number of carbonyl (C=O) groups excluding carboxylic acids is 1. The second-order valence-corrected chi connectivity index (χ2v) is 4.31. The molecule has 2 heterocycles. The standard InChI is InChI=1S/C11H11ClN2O2/c12-7-2-1-3-8-10(7)13-11(15)9-6-16-5-4-14(8)9/h1-3,9H,4-6H2,(H,13,15). The molecule has 2 aliphatic rings. The summed E-state index contributed by atoms with van der Waals surface area (Å²) in [5.74, 6) is -0.0414. The fourth-order valence-electron chi connectivity index (χ4n) is 2.19. The molecule has 0 aliphatic carbocycles. The lowest BCUT2D eigenvalue weighted by Gasteiger charge is -2.40. The molecule has 1 aromatic rings. The van der Waals surface area contributed by atoms with E-state index in [0.29, 0.717) is 23.9 Å². The number of halogens is 1. The van der Waals surface area contributed by atoms with Gasteiger partial charge < -0.3 is 15.0 Å². The van der Waals surface area contributed by atoms with Crippen molar-refractivity contribution in [3.8, 4) is 0 Å². The second kappa shape index (κ2) is 3.64. The Morgan fingerprint density at radius 1 is 1.50 bits per heavy atom. The molecular weight excluding hydrogens is 228 g/mol. The van der Waals surface area contributed by atoms with Crippen molar-refractivity contribution in [3.63, 3.8) is 0 Å². The number of benzene rings is 1. The molecule has 1 N–H and O–H groups in total. The van der Waals surface area contributed by atoms with Crippen LogP contribution in [-0.2, 0) is 9.53 Å². The van der Waals surface area contributed by atoms with Gasteiger partial charge in [0.05, 0.1) is 29.6 Å². The van der Waals surface area contributed by atoms with Crippen LogP contribution in [0.3, 0.4) is 0 Å². The number of nitrogens with one attached hydrogen (secondary N) is 1. The first kappa shape index (κ1) is 9.93. The zero-order valence-corrected chi connectivity index (χ0v) is 9.33. The molecule has 1 aromatic carbocycles. The van der Waals surface area contributed by atoms with Crippen molar-refractivity contribution in [2.75, 3.05) is 30.0 Å². The molecule has 84 valence electrons. The largest absolute Gasteiger partial charge is 0.377 e. The minimum Gasteiger partial charge on any atom is -0.377 e. The molecule has 0 spiro atoms. The number of anilines is 2. The Balaban J connectivity index is 2.10. The molecule has 1 saturated heterocycles. The highest BCUT2D eigenvalue weighted by Crippen LogP contribution is 2.37. The Hall–Kier alpha value is -1.26. The summed E-state index contributed by atoms with van der Waals surface area (Å²) in [5.41, 5.74) is 1.70. The van der Waals surface area contributed by atoms with Crippen LogP contribution in [0, 0.1) is 0 Å². The Morgan fingerprint density at radius 3 is 3.25 bits per heavy atom. The third-order valence-electron chi connectivity index (χ3n) is 2.98. The third-order valence-corrected chi connectivity index (χ3v) is 3.30. The maximum absolute atomic E-state index is 11.9. The number of nitrogens with zero attached hydrogens (tertiary/aromatic N) is 1. The zero-order valence-electron chi connectivity index (χ0n) is 8.57. The number of para-hydroxylation sites is 1. The van der Waals surface area contributed by atoms with Gasteiger partial charge in [0.25, 0.3) is 0 Å². The van der Waals surface area contributed by atoms with E-state index < -0.39 is 0 Å². The number of hydrogen-bond donors (Lipinski definition) is 1. The number of fused-ring (bicyclic) bond motifs is 3. The maximum atomic E-state index is 11.9. The summed E-state index contributed by atoms with van der Waals surface area (Å²) in [7, 11) is 0. The first-order chi connectivity index (χ1) is 7.77. The molecule has 0 saturated carbocycles. The van der Waals surface area contributed by atoms with Gasteiger partial charge in [0.15, 0.2) is 0 Å². The molecule has 0 radical (unpaired) electrons. The monoisotopic (exact) mass is 238 g/mol. The summed E-state index contributed by atoms with van der Waals surface area (Å²) in [6.45, 7) is 1.82. The predicted molar refractivity (Wildman–Crippen MR) is 62.0 cm³/mol. The van der Waals surface area contributed by atoms with Crippen molar-refractivity contribution in [2.45, 2.75) is 6.04 Å². The highest BCUT2D eigenvalue weighted by Gasteiger charge is 2.35. The van der Waals surface area contributed by atoms with Crippen molar-refractivity contribution in [2.24, 2.45) is 0 Å². The second-order valence-electron chi connectivity index (χ2n) is 3.91. The van der Waals surface area contributed by atoms with Crippen molar-refractivity contribution in [3.05, 3.63) is 23.2 Å². The molecule has 5 heteroatoms. The third kappa shape index (κ3) is 1.37. The van der Waals surface area contributed by atoms with E-state index in [4.69, 9.17) is 16.3 Å². The number of amides is 1. The van der Waals surface area contributed by atoms with Crippen molar-refractivity contribution < 1.29 is 9.53 Å². The zero-order chi connectivity index (χ0) is 11.1. The molecule has 2 aliphatic heterocycles. The average molecular weight is 239 g/mol. The molecule has 0 bridgehead atoms. The van der Waals surface area contributed by atoms with Gasteiger partial charge in [-0.3, -0.25) is 4.79 Å². The quantitative estimate of drug-likeness (QED) is 0.745. The Bertz CT molecular complexity index is 450. The van der Waals surface area contributed by atoms with Crippen LogP contribution in [0.2, 0.25) is 5.02 Å². The lowest BCUT2D eigenvalue weighted by molar-refractivity contribution is -0.119. The van der Waals surface area contributed by atoms with Gasteiger partial charge in [-0.2, -0.15) is 0 Å². The highest BCUT2D eigenvalue weighted by molar-refractivity contribution is 6.35. The van der Waals surface area contributed by atoms with E-state index >= 15 is 0 Å². The Kier molecular flexibility index (Phi) is 2.26.